The molecule has 0 aliphatic heterocycles. The second-order valence-corrected chi connectivity index (χ2v) is 4.83. The Hall–Kier alpha value is 0.580. The summed E-state index contributed by atoms with van der Waals surface area (Å²) in [6, 6.07) is 0. The molecule has 2 heteroatoms. The zero-order valence-corrected chi connectivity index (χ0v) is 9.67. The van der Waals surface area contributed by atoms with Gasteiger partial charge in [-0.25, -0.2) is 0 Å². The van der Waals surface area contributed by atoms with Crippen LogP contribution in [0.1, 0.15) is 52.4 Å². The zero-order chi connectivity index (χ0) is 9.40. The van der Waals surface area contributed by atoms with Crippen LogP contribution >= 0.6 is 23.2 Å². The van der Waals surface area contributed by atoms with Crippen LogP contribution in [0.25, 0.3) is 0 Å². The molecule has 12 heavy (non-hydrogen) atoms. The average Bonchev–Trinajstić information content (AvgIpc) is 1.97. The lowest BCUT2D eigenvalue weighted by Gasteiger charge is -2.09. The van der Waals surface area contributed by atoms with Crippen molar-refractivity contribution in [3.05, 3.63) is 0 Å². The Kier molecular flexibility index (Phi) is 8.59. The van der Waals surface area contributed by atoms with E-state index < -0.39 is 0 Å². The number of hydrogen-bond donors (Lipinski definition) is 0. The first-order valence-corrected chi connectivity index (χ1v) is 5.82. The molecule has 0 aliphatic rings. The van der Waals surface area contributed by atoms with Gasteiger partial charge in [-0.1, -0.05) is 32.6 Å². The van der Waals surface area contributed by atoms with Crippen molar-refractivity contribution in [2.75, 3.05) is 0 Å². The maximum Gasteiger partial charge on any atom is 0.0350 e. The van der Waals surface area contributed by atoms with Gasteiger partial charge in [0.25, 0.3) is 0 Å². The van der Waals surface area contributed by atoms with Crippen molar-refractivity contribution in [3.63, 3.8) is 0 Å². The van der Waals surface area contributed by atoms with Crippen LogP contribution in [0.15, 0.2) is 0 Å². The van der Waals surface area contributed by atoms with E-state index >= 15 is 0 Å². The lowest BCUT2D eigenvalue weighted by Crippen LogP contribution is -2.04. The summed E-state index contributed by atoms with van der Waals surface area (Å²) >= 11 is 11.9. The first-order chi connectivity index (χ1) is 5.66. The smallest absolute Gasteiger partial charge is 0.0350 e. The van der Waals surface area contributed by atoms with E-state index in [1.54, 1.807) is 0 Å². The molecular formula is C10H20Cl2. The second kappa shape index (κ2) is 8.19. The van der Waals surface area contributed by atoms with Gasteiger partial charge in [-0.15, -0.1) is 23.2 Å². The quantitative estimate of drug-likeness (QED) is 0.427. The number of unbranched alkanes of at least 4 members (excludes halogenated alkanes) is 3. The van der Waals surface area contributed by atoms with Crippen LogP contribution in [0.4, 0.5) is 0 Å². The van der Waals surface area contributed by atoms with Crippen molar-refractivity contribution < 1.29 is 0 Å². The fourth-order valence-electron chi connectivity index (χ4n) is 1.26. The SMILES string of the molecule is CCCCCCC(Cl)CC(C)Cl. The Morgan fingerprint density at radius 1 is 1.08 bits per heavy atom. The van der Waals surface area contributed by atoms with Gasteiger partial charge in [-0.05, 0) is 19.8 Å². The summed E-state index contributed by atoms with van der Waals surface area (Å²) in [5.74, 6) is 0. The highest BCUT2D eigenvalue weighted by Gasteiger charge is 2.07. The predicted molar refractivity (Wildman–Crippen MR) is 58.3 cm³/mol. The minimum absolute atomic E-state index is 0.221. The lowest BCUT2D eigenvalue weighted by atomic mass is 10.1. The summed E-state index contributed by atoms with van der Waals surface area (Å²) in [6.07, 6.45) is 7.26. The highest BCUT2D eigenvalue weighted by atomic mass is 35.5. The number of hydrogen-bond acceptors (Lipinski definition) is 0. The van der Waals surface area contributed by atoms with Crippen LogP contribution in [0.2, 0.25) is 0 Å². The first kappa shape index (κ1) is 12.6. The topological polar surface area (TPSA) is 0 Å². The van der Waals surface area contributed by atoms with Crippen molar-refractivity contribution in [2.24, 2.45) is 0 Å². The van der Waals surface area contributed by atoms with E-state index in [1.165, 1.54) is 25.7 Å². The molecule has 0 bridgehead atoms. The van der Waals surface area contributed by atoms with Crippen molar-refractivity contribution >= 4 is 23.2 Å². The molecule has 0 rings (SSSR count). The van der Waals surface area contributed by atoms with Gasteiger partial charge in [0.05, 0.1) is 0 Å². The van der Waals surface area contributed by atoms with E-state index in [2.05, 4.69) is 6.92 Å². The van der Waals surface area contributed by atoms with Gasteiger partial charge < -0.3 is 0 Å². The Bertz CT molecular complexity index is 91.8. The largest absolute Gasteiger partial charge is 0.123 e. The summed E-state index contributed by atoms with van der Waals surface area (Å²) in [6.45, 7) is 4.22. The molecule has 0 saturated heterocycles. The molecule has 0 saturated carbocycles. The van der Waals surface area contributed by atoms with E-state index in [9.17, 15) is 0 Å². The van der Waals surface area contributed by atoms with E-state index in [0.717, 1.165) is 12.8 Å². The van der Waals surface area contributed by atoms with Crippen molar-refractivity contribution in [1.82, 2.24) is 0 Å². The monoisotopic (exact) mass is 210 g/mol. The molecule has 0 amide bonds. The standard InChI is InChI=1S/C10H20Cl2/c1-3-4-5-6-7-10(12)8-9(2)11/h9-10H,3-8H2,1-2H3. The molecular weight excluding hydrogens is 191 g/mol. The normalized spacial score (nSPS) is 16.0. The second-order valence-electron chi connectivity index (χ2n) is 3.46. The summed E-state index contributed by atoms with van der Waals surface area (Å²) in [5, 5.41) is 0.507. The van der Waals surface area contributed by atoms with Gasteiger partial charge in [0.2, 0.25) is 0 Å². The minimum Gasteiger partial charge on any atom is -0.123 e. The van der Waals surface area contributed by atoms with Crippen LogP contribution in [-0.4, -0.2) is 10.8 Å². The lowest BCUT2D eigenvalue weighted by molar-refractivity contribution is 0.592. The van der Waals surface area contributed by atoms with Gasteiger partial charge in [-0.3, -0.25) is 0 Å². The highest BCUT2D eigenvalue weighted by Crippen LogP contribution is 2.17. The fourth-order valence-corrected chi connectivity index (χ4v) is 1.99. The molecule has 0 fully saturated rings. The molecule has 2 atom stereocenters. The third kappa shape index (κ3) is 8.67. The molecule has 0 spiro atoms. The average molecular weight is 211 g/mol. The van der Waals surface area contributed by atoms with Gasteiger partial charge in [0.15, 0.2) is 0 Å². The number of alkyl halides is 2. The molecule has 0 nitrogen and oxygen atoms in total. The van der Waals surface area contributed by atoms with Gasteiger partial charge >= 0.3 is 0 Å². The van der Waals surface area contributed by atoms with Crippen molar-refractivity contribution in [2.45, 2.75) is 63.1 Å². The van der Waals surface area contributed by atoms with Gasteiger partial charge in [0, 0.05) is 10.8 Å². The van der Waals surface area contributed by atoms with E-state index in [4.69, 9.17) is 23.2 Å². The fraction of sp³-hybridized carbons (Fsp3) is 1.00. The predicted octanol–water partition coefficient (Wildman–Crippen LogP) is 4.58. The summed E-state index contributed by atoms with van der Waals surface area (Å²) in [4.78, 5) is 0. The van der Waals surface area contributed by atoms with Crippen molar-refractivity contribution in [3.8, 4) is 0 Å². The Morgan fingerprint density at radius 2 is 1.75 bits per heavy atom. The molecule has 0 aromatic rings. The molecule has 0 aromatic heterocycles. The third-order valence-electron chi connectivity index (χ3n) is 1.95. The maximum atomic E-state index is 6.07. The maximum absolute atomic E-state index is 6.07. The van der Waals surface area contributed by atoms with Crippen LogP contribution in [-0.2, 0) is 0 Å². The summed E-state index contributed by atoms with van der Waals surface area (Å²) < 4.78 is 0. The van der Waals surface area contributed by atoms with Crippen LogP contribution in [0, 0.1) is 0 Å². The minimum atomic E-state index is 0.221. The molecule has 0 aliphatic carbocycles. The number of halogens is 2. The van der Waals surface area contributed by atoms with Gasteiger partial charge in [-0.2, -0.15) is 0 Å². The molecule has 0 N–H and O–H groups in total. The third-order valence-corrected chi connectivity index (χ3v) is 2.53. The summed E-state index contributed by atoms with van der Waals surface area (Å²) in [7, 11) is 0. The molecule has 2 unspecified atom stereocenters. The van der Waals surface area contributed by atoms with Crippen molar-refractivity contribution in [1.29, 1.82) is 0 Å². The molecule has 0 radical (unpaired) electrons. The number of rotatable bonds is 7. The highest BCUT2D eigenvalue weighted by molar-refractivity contribution is 6.23. The van der Waals surface area contributed by atoms with E-state index in [-0.39, 0.29) is 10.8 Å². The molecule has 0 heterocycles. The molecule has 0 aromatic carbocycles. The summed E-state index contributed by atoms with van der Waals surface area (Å²) in [5.41, 5.74) is 0. The Balaban J connectivity index is 3.14. The van der Waals surface area contributed by atoms with E-state index in [1.807, 2.05) is 6.92 Å². The zero-order valence-electron chi connectivity index (χ0n) is 8.15. The Morgan fingerprint density at radius 3 is 2.25 bits per heavy atom. The Labute approximate surface area is 86.6 Å². The first-order valence-electron chi connectivity index (χ1n) is 4.95. The van der Waals surface area contributed by atoms with Crippen LogP contribution < -0.4 is 0 Å². The van der Waals surface area contributed by atoms with E-state index in [0.29, 0.717) is 0 Å². The molecule has 74 valence electrons. The van der Waals surface area contributed by atoms with Gasteiger partial charge in [0.1, 0.15) is 0 Å². The van der Waals surface area contributed by atoms with Crippen LogP contribution in [0.3, 0.4) is 0 Å². The van der Waals surface area contributed by atoms with Crippen LogP contribution in [0.5, 0.6) is 0 Å².